The summed E-state index contributed by atoms with van der Waals surface area (Å²) in [6.07, 6.45) is 1.24. The molecular weight excluding hydrogens is 261 g/mol. The van der Waals surface area contributed by atoms with E-state index in [0.29, 0.717) is 11.3 Å². The minimum atomic E-state index is -1.07. The summed E-state index contributed by atoms with van der Waals surface area (Å²) in [6, 6.07) is 6.09. The summed E-state index contributed by atoms with van der Waals surface area (Å²) in [7, 11) is 0. The monoisotopic (exact) mass is 275 g/mol. The number of carboxylic acid groups (broad SMARTS) is 1. The van der Waals surface area contributed by atoms with E-state index < -0.39 is 5.97 Å². The first-order valence-electron chi connectivity index (χ1n) is 6.07. The third-order valence-electron chi connectivity index (χ3n) is 2.93. The summed E-state index contributed by atoms with van der Waals surface area (Å²) in [5.41, 5.74) is 0.904. The molecule has 20 heavy (non-hydrogen) atoms. The van der Waals surface area contributed by atoms with E-state index in [1.807, 2.05) is 0 Å². The number of hydrogen-bond acceptors (Lipinski definition) is 4. The molecule has 0 fully saturated rings. The smallest absolute Gasteiger partial charge is 0.339 e. The van der Waals surface area contributed by atoms with Gasteiger partial charge in [0.2, 0.25) is 5.95 Å². The van der Waals surface area contributed by atoms with Crippen LogP contribution in [-0.4, -0.2) is 21.0 Å². The summed E-state index contributed by atoms with van der Waals surface area (Å²) in [5, 5.41) is 11.9. The van der Waals surface area contributed by atoms with Crippen LogP contribution < -0.4 is 5.32 Å². The minimum Gasteiger partial charge on any atom is -0.478 e. The highest BCUT2D eigenvalue weighted by Gasteiger charge is 2.13. The van der Waals surface area contributed by atoms with Crippen LogP contribution in [0.3, 0.4) is 0 Å². The van der Waals surface area contributed by atoms with Crippen molar-refractivity contribution in [1.29, 1.82) is 0 Å². The standard InChI is InChI=1S/C14H14FN3O2/c1-8(10-5-3-4-6-12(10)15)17-14-16-7-11(13(19)20)9(2)18-14/h3-8H,1-2H3,(H,19,20)(H,16,17,18). The Hall–Kier alpha value is -2.50. The van der Waals surface area contributed by atoms with E-state index in [1.165, 1.54) is 12.3 Å². The van der Waals surface area contributed by atoms with Crippen molar-refractivity contribution in [1.82, 2.24) is 9.97 Å². The Morgan fingerprint density at radius 1 is 1.40 bits per heavy atom. The summed E-state index contributed by atoms with van der Waals surface area (Å²) >= 11 is 0. The van der Waals surface area contributed by atoms with Crippen LogP contribution in [0.25, 0.3) is 0 Å². The molecule has 2 aromatic rings. The Labute approximate surface area is 115 Å². The molecule has 6 heteroatoms. The van der Waals surface area contributed by atoms with Crippen LogP contribution in [0.5, 0.6) is 0 Å². The highest BCUT2D eigenvalue weighted by molar-refractivity contribution is 5.88. The average molecular weight is 275 g/mol. The van der Waals surface area contributed by atoms with Gasteiger partial charge in [0, 0.05) is 11.8 Å². The predicted molar refractivity (Wildman–Crippen MR) is 72.2 cm³/mol. The van der Waals surface area contributed by atoms with E-state index >= 15 is 0 Å². The lowest BCUT2D eigenvalue weighted by atomic mass is 10.1. The molecule has 2 N–H and O–H groups in total. The highest BCUT2D eigenvalue weighted by atomic mass is 19.1. The van der Waals surface area contributed by atoms with Crippen molar-refractivity contribution in [3.8, 4) is 0 Å². The average Bonchev–Trinajstić information content (AvgIpc) is 2.38. The van der Waals surface area contributed by atoms with E-state index in [1.54, 1.807) is 32.0 Å². The van der Waals surface area contributed by atoms with Crippen LogP contribution in [-0.2, 0) is 0 Å². The normalized spacial score (nSPS) is 11.9. The molecule has 1 atom stereocenters. The van der Waals surface area contributed by atoms with E-state index in [-0.39, 0.29) is 23.4 Å². The number of carboxylic acids is 1. The number of rotatable bonds is 4. The van der Waals surface area contributed by atoms with Crippen molar-refractivity contribution < 1.29 is 14.3 Å². The maximum Gasteiger partial charge on any atom is 0.339 e. The van der Waals surface area contributed by atoms with Gasteiger partial charge < -0.3 is 10.4 Å². The summed E-state index contributed by atoms with van der Waals surface area (Å²) in [4.78, 5) is 18.9. The number of carbonyl (C=O) groups is 1. The molecule has 1 aromatic carbocycles. The van der Waals surface area contributed by atoms with Crippen molar-refractivity contribution in [2.24, 2.45) is 0 Å². The Morgan fingerprint density at radius 2 is 2.10 bits per heavy atom. The van der Waals surface area contributed by atoms with E-state index in [9.17, 15) is 9.18 Å². The summed E-state index contributed by atoms with van der Waals surface area (Å²) < 4.78 is 13.6. The van der Waals surface area contributed by atoms with Gasteiger partial charge in [0.15, 0.2) is 0 Å². The van der Waals surface area contributed by atoms with E-state index in [0.717, 1.165) is 0 Å². The third-order valence-corrected chi connectivity index (χ3v) is 2.93. The molecule has 0 saturated carbocycles. The fourth-order valence-corrected chi connectivity index (χ4v) is 1.84. The number of nitrogens with one attached hydrogen (secondary N) is 1. The molecule has 0 radical (unpaired) electrons. The lowest BCUT2D eigenvalue weighted by Crippen LogP contribution is -2.13. The van der Waals surface area contributed by atoms with Gasteiger partial charge >= 0.3 is 5.97 Å². The lowest BCUT2D eigenvalue weighted by Gasteiger charge is -2.15. The Bertz CT molecular complexity index is 646. The first kappa shape index (κ1) is 13.9. The van der Waals surface area contributed by atoms with Gasteiger partial charge in [0.05, 0.1) is 17.3 Å². The number of benzene rings is 1. The molecule has 1 aromatic heterocycles. The van der Waals surface area contributed by atoms with Gasteiger partial charge in [-0.2, -0.15) is 0 Å². The van der Waals surface area contributed by atoms with Crippen molar-refractivity contribution >= 4 is 11.9 Å². The fraction of sp³-hybridized carbons (Fsp3) is 0.214. The Kier molecular flexibility index (Phi) is 3.93. The van der Waals surface area contributed by atoms with Crippen molar-refractivity contribution in [2.75, 3.05) is 5.32 Å². The summed E-state index contributed by atoms with van der Waals surface area (Å²) in [5.74, 6) is -1.12. The van der Waals surface area contributed by atoms with Crippen LogP contribution in [0, 0.1) is 12.7 Å². The fourth-order valence-electron chi connectivity index (χ4n) is 1.84. The van der Waals surface area contributed by atoms with Crippen LogP contribution in [0.15, 0.2) is 30.5 Å². The first-order chi connectivity index (χ1) is 9.49. The zero-order valence-corrected chi connectivity index (χ0v) is 11.1. The van der Waals surface area contributed by atoms with Gasteiger partial charge in [-0.05, 0) is 19.9 Å². The number of anilines is 1. The number of nitrogens with zero attached hydrogens (tertiary/aromatic N) is 2. The van der Waals surface area contributed by atoms with Gasteiger partial charge in [0.25, 0.3) is 0 Å². The lowest BCUT2D eigenvalue weighted by molar-refractivity contribution is 0.0695. The molecule has 0 aliphatic carbocycles. The molecule has 1 unspecified atom stereocenters. The van der Waals surface area contributed by atoms with Gasteiger partial charge in [-0.15, -0.1) is 0 Å². The molecule has 0 amide bonds. The molecule has 0 bridgehead atoms. The van der Waals surface area contributed by atoms with Gasteiger partial charge in [0.1, 0.15) is 5.82 Å². The maximum absolute atomic E-state index is 13.6. The van der Waals surface area contributed by atoms with Crippen molar-refractivity contribution in [2.45, 2.75) is 19.9 Å². The van der Waals surface area contributed by atoms with Gasteiger partial charge in [-0.3, -0.25) is 0 Å². The molecule has 0 aliphatic rings. The largest absolute Gasteiger partial charge is 0.478 e. The molecule has 0 saturated heterocycles. The first-order valence-corrected chi connectivity index (χ1v) is 6.07. The molecule has 0 spiro atoms. The van der Waals surface area contributed by atoms with Gasteiger partial charge in [-0.25, -0.2) is 19.2 Å². The summed E-state index contributed by atoms with van der Waals surface area (Å²) in [6.45, 7) is 3.37. The molecular formula is C14H14FN3O2. The second-order valence-corrected chi connectivity index (χ2v) is 4.39. The van der Waals surface area contributed by atoms with Crippen LogP contribution >= 0.6 is 0 Å². The predicted octanol–water partition coefficient (Wildman–Crippen LogP) is 2.80. The number of halogens is 1. The maximum atomic E-state index is 13.6. The molecule has 5 nitrogen and oxygen atoms in total. The van der Waals surface area contributed by atoms with Crippen molar-refractivity contribution in [3.63, 3.8) is 0 Å². The highest BCUT2D eigenvalue weighted by Crippen LogP contribution is 2.20. The van der Waals surface area contributed by atoms with Crippen molar-refractivity contribution in [3.05, 3.63) is 53.1 Å². The van der Waals surface area contributed by atoms with Crippen LogP contribution in [0.1, 0.15) is 34.6 Å². The quantitative estimate of drug-likeness (QED) is 0.897. The third kappa shape index (κ3) is 2.90. The SMILES string of the molecule is Cc1nc(NC(C)c2ccccc2F)ncc1C(=O)O. The van der Waals surface area contributed by atoms with Gasteiger partial charge in [-0.1, -0.05) is 18.2 Å². The van der Waals surface area contributed by atoms with E-state index in [2.05, 4.69) is 15.3 Å². The zero-order valence-electron chi connectivity index (χ0n) is 11.1. The Balaban J connectivity index is 2.20. The van der Waals surface area contributed by atoms with E-state index in [4.69, 9.17) is 5.11 Å². The number of hydrogen-bond donors (Lipinski definition) is 2. The molecule has 0 aliphatic heterocycles. The number of aryl methyl sites for hydroxylation is 1. The van der Waals surface area contributed by atoms with Crippen LogP contribution in [0.4, 0.5) is 10.3 Å². The molecule has 2 rings (SSSR count). The zero-order chi connectivity index (χ0) is 14.7. The molecule has 1 heterocycles. The second-order valence-electron chi connectivity index (χ2n) is 4.39. The number of aromatic nitrogens is 2. The topological polar surface area (TPSA) is 75.1 Å². The van der Waals surface area contributed by atoms with Crippen LogP contribution in [0.2, 0.25) is 0 Å². The second kappa shape index (κ2) is 5.64. The molecule has 104 valence electrons. The Morgan fingerprint density at radius 3 is 2.70 bits per heavy atom. The minimum absolute atomic E-state index is 0.0501. The number of aromatic carboxylic acids is 1.